The Kier molecular flexibility index (Phi) is 3.46. The van der Waals surface area contributed by atoms with Gasteiger partial charge in [0.2, 0.25) is 0 Å². The average molecular weight is 273 g/mol. The normalized spacial score (nSPS) is 15.6. The molecule has 106 valence electrons. The van der Waals surface area contributed by atoms with Crippen LogP contribution in [0.3, 0.4) is 0 Å². The van der Waals surface area contributed by atoms with Crippen molar-refractivity contribution in [2.75, 3.05) is 7.05 Å². The summed E-state index contributed by atoms with van der Waals surface area (Å²) in [6.45, 7) is 0.699. The molecule has 1 fully saturated rings. The van der Waals surface area contributed by atoms with Crippen molar-refractivity contribution < 1.29 is 9.21 Å². The van der Waals surface area contributed by atoms with Gasteiger partial charge in [0.05, 0.1) is 0 Å². The highest BCUT2D eigenvalue weighted by Gasteiger charge is 2.26. The number of carbonyl (C=O) groups excluding carboxylic acids is 1. The van der Waals surface area contributed by atoms with Crippen LogP contribution in [0.5, 0.6) is 0 Å². The van der Waals surface area contributed by atoms with Crippen LogP contribution in [0, 0.1) is 0 Å². The Hall–Kier alpha value is -1.85. The van der Waals surface area contributed by atoms with Gasteiger partial charge in [0.15, 0.2) is 5.76 Å². The Bertz CT molecular complexity index is 631. The van der Waals surface area contributed by atoms with E-state index < -0.39 is 0 Å². The summed E-state index contributed by atoms with van der Waals surface area (Å²) in [5.74, 6) is 5.19. The lowest BCUT2D eigenvalue weighted by Gasteiger charge is -2.34. The molecule has 0 unspecified atom stereocenters. The summed E-state index contributed by atoms with van der Waals surface area (Å²) in [7, 11) is 2.09. The van der Waals surface area contributed by atoms with Crippen LogP contribution in [0.2, 0.25) is 0 Å². The van der Waals surface area contributed by atoms with Crippen molar-refractivity contribution in [1.82, 2.24) is 10.3 Å². The maximum atomic E-state index is 11.9. The number of carbonyl (C=O) groups is 1. The molecular weight excluding hydrogens is 254 g/mol. The van der Waals surface area contributed by atoms with E-state index in [1.165, 1.54) is 19.3 Å². The number of nitrogens with zero attached hydrogens (tertiary/aromatic N) is 1. The Morgan fingerprint density at radius 2 is 2.20 bits per heavy atom. The van der Waals surface area contributed by atoms with Crippen LogP contribution < -0.4 is 11.3 Å². The second-order valence-electron chi connectivity index (χ2n) is 5.38. The molecular formula is C15H19N3O2. The number of nitrogens with two attached hydrogens (primary N) is 1. The number of furan rings is 1. The topological polar surface area (TPSA) is 71.5 Å². The molecule has 0 spiro atoms. The van der Waals surface area contributed by atoms with Crippen molar-refractivity contribution in [3.05, 3.63) is 35.6 Å². The summed E-state index contributed by atoms with van der Waals surface area (Å²) in [6, 6.07) is 8.31. The van der Waals surface area contributed by atoms with Gasteiger partial charge >= 0.3 is 5.91 Å². The Morgan fingerprint density at radius 1 is 1.45 bits per heavy atom. The van der Waals surface area contributed by atoms with Crippen molar-refractivity contribution in [3.8, 4) is 0 Å². The van der Waals surface area contributed by atoms with Crippen molar-refractivity contribution in [1.29, 1.82) is 0 Å². The molecule has 0 bridgehead atoms. The zero-order chi connectivity index (χ0) is 14.1. The number of benzene rings is 1. The van der Waals surface area contributed by atoms with Gasteiger partial charge in [-0.25, -0.2) is 5.84 Å². The van der Waals surface area contributed by atoms with Gasteiger partial charge in [0.1, 0.15) is 5.58 Å². The van der Waals surface area contributed by atoms with Gasteiger partial charge in [-0.3, -0.25) is 15.1 Å². The van der Waals surface area contributed by atoms with Gasteiger partial charge in [-0.2, -0.15) is 0 Å². The molecule has 5 nitrogen and oxygen atoms in total. The van der Waals surface area contributed by atoms with E-state index in [9.17, 15) is 4.79 Å². The first-order valence-electron chi connectivity index (χ1n) is 6.92. The average Bonchev–Trinajstić information content (AvgIpc) is 2.75. The van der Waals surface area contributed by atoms with E-state index in [0.717, 1.165) is 16.5 Å². The van der Waals surface area contributed by atoms with Crippen molar-refractivity contribution in [2.24, 2.45) is 5.84 Å². The Morgan fingerprint density at radius 3 is 2.85 bits per heavy atom. The fourth-order valence-corrected chi connectivity index (χ4v) is 2.71. The van der Waals surface area contributed by atoms with Crippen molar-refractivity contribution in [3.63, 3.8) is 0 Å². The van der Waals surface area contributed by atoms with E-state index in [0.29, 0.717) is 18.3 Å². The monoisotopic (exact) mass is 273 g/mol. The number of amides is 1. The van der Waals surface area contributed by atoms with Crippen LogP contribution in [0.4, 0.5) is 0 Å². The lowest BCUT2D eigenvalue weighted by Crippen LogP contribution is -2.37. The Balaban J connectivity index is 1.99. The number of rotatable bonds is 4. The predicted molar refractivity (Wildman–Crippen MR) is 77.0 cm³/mol. The van der Waals surface area contributed by atoms with E-state index in [1.54, 1.807) is 0 Å². The first kappa shape index (κ1) is 13.1. The van der Waals surface area contributed by atoms with Crippen LogP contribution in [-0.2, 0) is 6.54 Å². The smallest absolute Gasteiger partial charge is 0.301 e. The summed E-state index contributed by atoms with van der Waals surface area (Å²) in [5, 5.41) is 0.984. The van der Waals surface area contributed by atoms with Gasteiger partial charge in [-0.05, 0) is 26.0 Å². The number of nitrogens with one attached hydrogen (secondary N) is 1. The third-order valence-electron chi connectivity index (χ3n) is 4.14. The molecule has 1 saturated carbocycles. The lowest BCUT2D eigenvalue weighted by molar-refractivity contribution is 0.0922. The summed E-state index contributed by atoms with van der Waals surface area (Å²) < 4.78 is 5.67. The van der Waals surface area contributed by atoms with Crippen molar-refractivity contribution >= 4 is 16.9 Å². The number of para-hydroxylation sites is 1. The number of hydrogen-bond donors (Lipinski definition) is 2. The quantitative estimate of drug-likeness (QED) is 0.508. The highest BCUT2D eigenvalue weighted by Crippen LogP contribution is 2.30. The lowest BCUT2D eigenvalue weighted by atomic mass is 9.91. The molecule has 1 aromatic heterocycles. The zero-order valence-electron chi connectivity index (χ0n) is 11.6. The fourth-order valence-electron chi connectivity index (χ4n) is 2.71. The third kappa shape index (κ3) is 2.19. The van der Waals surface area contributed by atoms with E-state index in [-0.39, 0.29) is 5.91 Å². The summed E-state index contributed by atoms with van der Waals surface area (Å²) in [5.41, 5.74) is 3.80. The van der Waals surface area contributed by atoms with Gasteiger partial charge in [0.25, 0.3) is 0 Å². The standard InChI is InChI=1S/C15H19N3O2/c1-18(10-5-4-6-10)9-12-11-7-2-3-8-13(11)20-14(12)15(19)17-16/h2-3,7-8,10H,4-6,9,16H2,1H3,(H,17,19). The first-order chi connectivity index (χ1) is 9.70. The zero-order valence-corrected chi connectivity index (χ0v) is 11.6. The van der Waals surface area contributed by atoms with Crippen LogP contribution >= 0.6 is 0 Å². The minimum atomic E-state index is -0.377. The van der Waals surface area contributed by atoms with E-state index in [2.05, 4.69) is 17.4 Å². The summed E-state index contributed by atoms with van der Waals surface area (Å²) >= 11 is 0. The molecule has 1 heterocycles. The van der Waals surface area contributed by atoms with Gasteiger partial charge in [-0.1, -0.05) is 24.6 Å². The van der Waals surface area contributed by atoms with Gasteiger partial charge in [-0.15, -0.1) is 0 Å². The maximum absolute atomic E-state index is 11.9. The number of hydrogen-bond acceptors (Lipinski definition) is 4. The number of nitrogen functional groups attached to an aromatic ring is 1. The number of fused-ring (bicyclic) bond motifs is 1. The van der Waals surface area contributed by atoms with Crippen molar-refractivity contribution in [2.45, 2.75) is 31.8 Å². The van der Waals surface area contributed by atoms with Gasteiger partial charge in [0, 0.05) is 23.5 Å². The molecule has 5 heteroatoms. The Labute approximate surface area is 117 Å². The SMILES string of the molecule is CN(Cc1c(C(=O)NN)oc2ccccc12)C1CCC1. The minimum absolute atomic E-state index is 0.319. The maximum Gasteiger partial charge on any atom is 0.301 e. The molecule has 3 rings (SSSR count). The second kappa shape index (κ2) is 5.26. The van der Waals surface area contributed by atoms with Crippen LogP contribution in [0.25, 0.3) is 11.0 Å². The molecule has 20 heavy (non-hydrogen) atoms. The van der Waals surface area contributed by atoms with Crippen LogP contribution in [-0.4, -0.2) is 23.9 Å². The largest absolute Gasteiger partial charge is 0.451 e. The molecule has 2 aromatic rings. The molecule has 0 radical (unpaired) electrons. The van der Waals surface area contributed by atoms with E-state index in [1.807, 2.05) is 24.3 Å². The number of hydrazine groups is 1. The molecule has 1 amide bonds. The molecule has 1 aliphatic carbocycles. The first-order valence-corrected chi connectivity index (χ1v) is 6.92. The van der Waals surface area contributed by atoms with E-state index in [4.69, 9.17) is 10.3 Å². The molecule has 0 atom stereocenters. The summed E-state index contributed by atoms with van der Waals surface area (Å²) in [4.78, 5) is 14.2. The van der Waals surface area contributed by atoms with Crippen LogP contribution in [0.1, 0.15) is 35.4 Å². The molecule has 3 N–H and O–H groups in total. The molecule has 1 aliphatic rings. The highest BCUT2D eigenvalue weighted by atomic mass is 16.3. The minimum Gasteiger partial charge on any atom is -0.451 e. The summed E-state index contributed by atoms with van der Waals surface area (Å²) in [6.07, 6.45) is 3.74. The molecule has 1 aromatic carbocycles. The van der Waals surface area contributed by atoms with E-state index >= 15 is 0 Å². The third-order valence-corrected chi connectivity index (χ3v) is 4.14. The van der Waals surface area contributed by atoms with Gasteiger partial charge < -0.3 is 4.42 Å². The highest BCUT2D eigenvalue weighted by molar-refractivity contribution is 5.98. The fraction of sp³-hybridized carbons (Fsp3) is 0.400. The predicted octanol–water partition coefficient (Wildman–Crippen LogP) is 2.02. The van der Waals surface area contributed by atoms with Crippen LogP contribution in [0.15, 0.2) is 28.7 Å². The second-order valence-corrected chi connectivity index (χ2v) is 5.38. The molecule has 0 saturated heterocycles. The molecule has 0 aliphatic heterocycles.